The molecular weight excluding hydrogens is 420 g/mol. The Labute approximate surface area is 196 Å². The number of benzene rings is 1. The molecule has 1 aliphatic heterocycles. The van der Waals surface area contributed by atoms with Crippen LogP contribution in [0.1, 0.15) is 63.0 Å². The van der Waals surface area contributed by atoms with Crippen molar-refractivity contribution >= 4 is 18.0 Å². The number of ether oxygens (including phenoxy) is 2. The highest BCUT2D eigenvalue weighted by molar-refractivity contribution is 5.81. The molecule has 3 unspecified atom stereocenters. The zero-order valence-corrected chi connectivity index (χ0v) is 19.8. The van der Waals surface area contributed by atoms with Gasteiger partial charge in [-0.15, -0.1) is 0 Å². The van der Waals surface area contributed by atoms with Crippen LogP contribution < -0.4 is 5.32 Å². The van der Waals surface area contributed by atoms with E-state index >= 15 is 0 Å². The van der Waals surface area contributed by atoms with E-state index in [9.17, 15) is 14.4 Å². The van der Waals surface area contributed by atoms with E-state index in [1.165, 1.54) is 7.11 Å². The lowest BCUT2D eigenvalue weighted by molar-refractivity contribution is -0.163. The van der Waals surface area contributed by atoms with E-state index in [0.29, 0.717) is 25.9 Å². The van der Waals surface area contributed by atoms with Gasteiger partial charge in [-0.3, -0.25) is 9.59 Å². The molecule has 0 spiro atoms. The summed E-state index contributed by atoms with van der Waals surface area (Å²) in [6.45, 7) is 5.12. The second-order valence-corrected chi connectivity index (χ2v) is 8.85. The molecule has 1 heterocycles. The first kappa shape index (κ1) is 24.6. The van der Waals surface area contributed by atoms with Crippen LogP contribution in [0.25, 0.3) is 0 Å². The van der Waals surface area contributed by atoms with Crippen LogP contribution in [0.5, 0.6) is 0 Å². The number of esters is 1. The normalized spacial score (nSPS) is 23.7. The Balaban J connectivity index is 1.83. The van der Waals surface area contributed by atoms with Gasteiger partial charge in [0.05, 0.1) is 13.5 Å². The summed E-state index contributed by atoms with van der Waals surface area (Å²) in [6.07, 6.45) is 3.47. The SMILES string of the molecule is CCCNC(=O)CCC(=O)OC1(C#Cc2cccc(C)c2)CCCC2C1CCN2C(=O)OC. The standard InChI is InChI=1S/C26H34N2O5/c1-4-16-27-23(29)10-11-24(30)33-26(15-12-20-8-5-7-19(2)18-20)14-6-9-22-21(26)13-17-28(22)25(31)32-3/h5,7-8,18,21-22H,4,6,9-11,13-14,16-17H2,1-3H3,(H,27,29). The molecule has 1 aliphatic carbocycles. The summed E-state index contributed by atoms with van der Waals surface area (Å²) in [5.74, 6) is 5.84. The number of amides is 2. The summed E-state index contributed by atoms with van der Waals surface area (Å²) in [6, 6.07) is 7.80. The molecule has 7 nitrogen and oxygen atoms in total. The number of methoxy groups -OCH3 is 1. The highest BCUT2D eigenvalue weighted by Gasteiger charge is 2.53. The summed E-state index contributed by atoms with van der Waals surface area (Å²) < 4.78 is 11.1. The van der Waals surface area contributed by atoms with Crippen LogP contribution in [-0.2, 0) is 19.1 Å². The Hall–Kier alpha value is -3.01. The van der Waals surface area contributed by atoms with Crippen LogP contribution in [0.15, 0.2) is 24.3 Å². The van der Waals surface area contributed by atoms with Crippen molar-refractivity contribution < 1.29 is 23.9 Å². The predicted octanol–water partition coefficient (Wildman–Crippen LogP) is 3.58. The van der Waals surface area contributed by atoms with Gasteiger partial charge in [0.1, 0.15) is 0 Å². The minimum atomic E-state index is -0.994. The van der Waals surface area contributed by atoms with Crippen molar-refractivity contribution in [1.82, 2.24) is 10.2 Å². The van der Waals surface area contributed by atoms with E-state index in [1.54, 1.807) is 4.90 Å². The van der Waals surface area contributed by atoms with Crippen LogP contribution in [-0.4, -0.2) is 54.7 Å². The Bertz CT molecular complexity index is 934. The van der Waals surface area contributed by atoms with E-state index in [4.69, 9.17) is 9.47 Å². The average Bonchev–Trinajstić information content (AvgIpc) is 3.25. The molecule has 178 valence electrons. The fourth-order valence-corrected chi connectivity index (χ4v) is 4.89. The van der Waals surface area contributed by atoms with Crippen molar-refractivity contribution in [1.29, 1.82) is 0 Å². The number of aryl methyl sites for hydroxylation is 1. The molecule has 1 saturated carbocycles. The highest BCUT2D eigenvalue weighted by atomic mass is 16.6. The molecule has 1 aromatic carbocycles. The van der Waals surface area contributed by atoms with E-state index < -0.39 is 11.6 Å². The van der Waals surface area contributed by atoms with Gasteiger partial charge >= 0.3 is 12.1 Å². The van der Waals surface area contributed by atoms with Crippen LogP contribution in [0.2, 0.25) is 0 Å². The van der Waals surface area contributed by atoms with E-state index in [2.05, 4.69) is 17.2 Å². The van der Waals surface area contributed by atoms with Gasteiger partial charge in [-0.1, -0.05) is 25.0 Å². The fraction of sp³-hybridized carbons (Fsp3) is 0.577. The molecular formula is C26H34N2O5. The van der Waals surface area contributed by atoms with Crippen molar-refractivity contribution in [2.75, 3.05) is 20.2 Å². The number of rotatable bonds is 6. The number of hydrogen-bond acceptors (Lipinski definition) is 5. The Kier molecular flexibility index (Phi) is 8.37. The van der Waals surface area contributed by atoms with Crippen LogP contribution in [0.3, 0.4) is 0 Å². The monoisotopic (exact) mass is 454 g/mol. The maximum absolute atomic E-state index is 12.8. The molecule has 2 amide bonds. The Morgan fingerprint density at radius 3 is 2.79 bits per heavy atom. The number of nitrogens with one attached hydrogen (secondary N) is 1. The molecule has 2 fully saturated rings. The molecule has 1 saturated heterocycles. The van der Waals surface area contributed by atoms with E-state index in [-0.39, 0.29) is 36.8 Å². The second-order valence-electron chi connectivity index (χ2n) is 8.85. The number of carbonyl (C=O) groups is 3. The van der Waals surface area contributed by atoms with Crippen LogP contribution in [0, 0.1) is 24.7 Å². The Morgan fingerprint density at radius 2 is 2.06 bits per heavy atom. The molecule has 3 rings (SSSR count). The molecule has 0 radical (unpaired) electrons. The number of fused-ring (bicyclic) bond motifs is 1. The van der Waals surface area contributed by atoms with Gasteiger partial charge in [-0.25, -0.2) is 4.79 Å². The third kappa shape index (κ3) is 6.07. The third-order valence-electron chi connectivity index (χ3n) is 6.46. The van der Waals surface area contributed by atoms with Gasteiger partial charge in [0.15, 0.2) is 5.60 Å². The summed E-state index contributed by atoms with van der Waals surface area (Å²) in [7, 11) is 1.38. The minimum Gasteiger partial charge on any atom is -0.453 e. The lowest BCUT2D eigenvalue weighted by atomic mass is 9.72. The second kappa shape index (κ2) is 11.2. The van der Waals surface area contributed by atoms with Crippen LogP contribution >= 0.6 is 0 Å². The van der Waals surface area contributed by atoms with Crippen molar-refractivity contribution in [2.24, 2.45) is 5.92 Å². The van der Waals surface area contributed by atoms with Gasteiger partial charge in [-0.05, 0) is 62.6 Å². The smallest absolute Gasteiger partial charge is 0.409 e. The number of nitrogens with zero attached hydrogens (tertiary/aromatic N) is 1. The first-order chi connectivity index (χ1) is 15.9. The minimum absolute atomic E-state index is 0.00151. The highest BCUT2D eigenvalue weighted by Crippen LogP contribution is 2.45. The molecule has 0 bridgehead atoms. The quantitative estimate of drug-likeness (QED) is 0.525. The molecule has 1 N–H and O–H groups in total. The summed E-state index contributed by atoms with van der Waals surface area (Å²) in [5.41, 5.74) is 0.964. The molecule has 0 aromatic heterocycles. The molecule has 7 heteroatoms. The van der Waals surface area contributed by atoms with Crippen molar-refractivity contribution in [3.05, 3.63) is 35.4 Å². The molecule has 1 aromatic rings. The summed E-state index contributed by atoms with van der Waals surface area (Å²) in [4.78, 5) is 38.8. The van der Waals surface area contributed by atoms with Crippen molar-refractivity contribution in [3.8, 4) is 11.8 Å². The zero-order valence-electron chi connectivity index (χ0n) is 19.8. The van der Waals surface area contributed by atoms with E-state index in [1.807, 2.05) is 38.1 Å². The molecule has 3 atom stereocenters. The lowest BCUT2D eigenvalue weighted by Crippen LogP contribution is -2.51. The van der Waals surface area contributed by atoms with Crippen molar-refractivity contribution in [2.45, 2.75) is 70.4 Å². The summed E-state index contributed by atoms with van der Waals surface area (Å²) in [5, 5.41) is 2.78. The fourth-order valence-electron chi connectivity index (χ4n) is 4.89. The average molecular weight is 455 g/mol. The van der Waals surface area contributed by atoms with Gasteiger partial charge in [-0.2, -0.15) is 0 Å². The molecule has 33 heavy (non-hydrogen) atoms. The number of likely N-dealkylation sites (tertiary alicyclic amines) is 1. The van der Waals surface area contributed by atoms with Gasteiger partial charge in [0.25, 0.3) is 0 Å². The van der Waals surface area contributed by atoms with E-state index in [0.717, 1.165) is 30.4 Å². The number of hydrogen-bond donors (Lipinski definition) is 1. The van der Waals surface area contributed by atoms with Gasteiger partial charge < -0.3 is 19.7 Å². The maximum Gasteiger partial charge on any atom is 0.409 e. The first-order valence-electron chi connectivity index (χ1n) is 11.8. The zero-order chi connectivity index (χ0) is 23.8. The molecule has 2 aliphatic rings. The number of carbonyl (C=O) groups excluding carboxylic acids is 3. The summed E-state index contributed by atoms with van der Waals surface area (Å²) >= 11 is 0. The van der Waals surface area contributed by atoms with Gasteiger partial charge in [0, 0.05) is 37.0 Å². The van der Waals surface area contributed by atoms with Gasteiger partial charge in [0.2, 0.25) is 5.91 Å². The van der Waals surface area contributed by atoms with Crippen molar-refractivity contribution in [3.63, 3.8) is 0 Å². The maximum atomic E-state index is 12.8. The first-order valence-corrected chi connectivity index (χ1v) is 11.8. The third-order valence-corrected chi connectivity index (χ3v) is 6.46. The largest absolute Gasteiger partial charge is 0.453 e. The predicted molar refractivity (Wildman–Crippen MR) is 124 cm³/mol. The van der Waals surface area contributed by atoms with Crippen LogP contribution in [0.4, 0.5) is 4.79 Å². The Morgan fingerprint density at radius 1 is 1.24 bits per heavy atom. The topological polar surface area (TPSA) is 84.9 Å². The lowest BCUT2D eigenvalue weighted by Gasteiger charge is -2.42.